The van der Waals surface area contributed by atoms with Gasteiger partial charge in [-0.05, 0) is 49.1 Å². The molecule has 0 bridgehead atoms. The second-order valence-electron chi connectivity index (χ2n) is 10.5. The Labute approximate surface area is 239 Å². The van der Waals surface area contributed by atoms with E-state index in [0.29, 0.717) is 31.6 Å². The van der Waals surface area contributed by atoms with E-state index in [9.17, 15) is 26.8 Å². The molecule has 0 radical (unpaired) electrons. The van der Waals surface area contributed by atoms with Crippen molar-refractivity contribution in [3.8, 4) is 0 Å². The molecule has 2 heterocycles. The highest BCUT2D eigenvalue weighted by Gasteiger charge is 2.36. The topological polar surface area (TPSA) is 98.8 Å². The molecule has 3 atom stereocenters. The van der Waals surface area contributed by atoms with Crippen LogP contribution in [0.4, 0.5) is 8.78 Å². The van der Waals surface area contributed by atoms with Crippen molar-refractivity contribution in [1.82, 2.24) is 19.8 Å². The number of hydrogen-bond donors (Lipinski definition) is 2. The van der Waals surface area contributed by atoms with Gasteiger partial charge in [0.05, 0.1) is 10.9 Å². The lowest BCUT2D eigenvalue weighted by Crippen LogP contribution is -2.55. The van der Waals surface area contributed by atoms with E-state index >= 15 is 0 Å². The van der Waals surface area contributed by atoms with E-state index in [1.165, 1.54) is 28.6 Å². The highest BCUT2D eigenvalue weighted by atomic mass is 35.5. The second kappa shape index (κ2) is 13.4. The molecule has 2 amide bonds. The molecular weight excluding hydrogens is 562 g/mol. The number of piperazine rings is 1. The van der Waals surface area contributed by atoms with Gasteiger partial charge in [-0.1, -0.05) is 37.1 Å². The smallest absolute Gasteiger partial charge is 0.244 e. The molecule has 2 aromatic rings. The highest BCUT2D eigenvalue weighted by molar-refractivity contribution is 7.89. The predicted octanol–water partition coefficient (Wildman–Crippen LogP) is 3.35. The number of hydrogen-bond acceptors (Lipinski definition) is 5. The van der Waals surface area contributed by atoms with Gasteiger partial charge in [0.1, 0.15) is 16.5 Å². The van der Waals surface area contributed by atoms with E-state index in [1.54, 1.807) is 17.0 Å². The summed E-state index contributed by atoms with van der Waals surface area (Å²) in [6, 6.07) is 8.57. The first-order valence-corrected chi connectivity index (χ1v) is 15.4. The number of carbonyl (C=O) groups excluding carboxylic acids is 2. The fraction of sp³-hybridized carbons (Fsp3) is 0.500. The quantitative estimate of drug-likeness (QED) is 0.415. The van der Waals surface area contributed by atoms with Crippen LogP contribution in [-0.4, -0.2) is 74.2 Å². The third kappa shape index (κ3) is 7.57. The van der Waals surface area contributed by atoms with Crippen molar-refractivity contribution in [2.24, 2.45) is 5.92 Å². The summed E-state index contributed by atoms with van der Waals surface area (Å²) in [5.41, 5.74) is 0.367. The molecule has 2 N–H and O–H groups in total. The lowest BCUT2D eigenvalue weighted by molar-refractivity contribution is -0.129. The first kappa shape index (κ1) is 30.4. The first-order chi connectivity index (χ1) is 19.1. The fourth-order valence-corrected chi connectivity index (χ4v) is 7.33. The van der Waals surface area contributed by atoms with Crippen molar-refractivity contribution in [3.63, 3.8) is 0 Å². The summed E-state index contributed by atoms with van der Waals surface area (Å²) in [6.45, 7) is 3.72. The van der Waals surface area contributed by atoms with Gasteiger partial charge in [0.2, 0.25) is 21.8 Å². The van der Waals surface area contributed by atoms with Crippen molar-refractivity contribution in [1.29, 1.82) is 0 Å². The summed E-state index contributed by atoms with van der Waals surface area (Å²) in [5.74, 6) is -2.33. The largest absolute Gasteiger partial charge is 0.353 e. The molecule has 2 saturated heterocycles. The van der Waals surface area contributed by atoms with Gasteiger partial charge in [0, 0.05) is 57.3 Å². The van der Waals surface area contributed by atoms with Crippen LogP contribution in [0.5, 0.6) is 0 Å². The summed E-state index contributed by atoms with van der Waals surface area (Å²) in [6.07, 6.45) is 2.34. The zero-order valence-corrected chi connectivity index (χ0v) is 24.0. The Morgan fingerprint density at radius 3 is 2.60 bits per heavy atom. The Morgan fingerprint density at radius 2 is 1.90 bits per heavy atom. The van der Waals surface area contributed by atoms with Gasteiger partial charge in [-0.25, -0.2) is 17.2 Å². The molecule has 2 unspecified atom stereocenters. The second-order valence-corrected chi connectivity index (χ2v) is 12.8. The number of benzene rings is 2. The molecule has 0 saturated carbocycles. The fourth-order valence-electron chi connectivity index (χ4n) is 5.35. The molecule has 0 aromatic heterocycles. The Kier molecular flexibility index (Phi) is 10.2. The van der Waals surface area contributed by atoms with Gasteiger partial charge >= 0.3 is 0 Å². The molecular formula is C28H35ClF2N4O4S. The average Bonchev–Trinajstić information content (AvgIpc) is 3.27. The number of nitrogens with one attached hydrogen (secondary N) is 2. The minimum absolute atomic E-state index is 0.0240. The van der Waals surface area contributed by atoms with Gasteiger partial charge in [0.25, 0.3) is 0 Å². The van der Waals surface area contributed by atoms with Gasteiger partial charge in [-0.3, -0.25) is 9.59 Å². The number of carbonyl (C=O) groups is 2. The van der Waals surface area contributed by atoms with E-state index in [1.807, 2.05) is 6.92 Å². The van der Waals surface area contributed by atoms with Crippen LogP contribution in [0, 0.1) is 17.6 Å². The maximum atomic E-state index is 13.9. The summed E-state index contributed by atoms with van der Waals surface area (Å²) in [4.78, 5) is 27.4. The SMILES string of the molecule is CCCCN1CC(C(=O)NC(Cc2cc(F)cc(F)c2)C[C@H]2CN(S(=O)(=O)c3ccccc3Cl)CCN2)CC1=O. The van der Waals surface area contributed by atoms with Crippen molar-refractivity contribution in [2.75, 3.05) is 32.7 Å². The standard InChI is InChI=1S/C28H35ClF2N4O4S/c1-2-3-9-34-17-20(14-27(34)36)28(37)33-23(13-19-11-21(30)15-22(31)12-19)16-24-18-35(10-8-32-24)40(38,39)26-7-5-4-6-25(26)29/h4-7,11-12,15,20,23-24,32H,2-3,8-10,13-14,16-18H2,1H3,(H,33,37)/t20?,23?,24-/m0/s1. The van der Waals surface area contributed by atoms with Crippen molar-refractivity contribution < 1.29 is 26.8 Å². The Hall–Kier alpha value is -2.60. The van der Waals surface area contributed by atoms with Crippen LogP contribution < -0.4 is 10.6 Å². The normalized spacial score (nSPS) is 21.0. The first-order valence-electron chi connectivity index (χ1n) is 13.6. The monoisotopic (exact) mass is 596 g/mol. The average molecular weight is 597 g/mol. The number of likely N-dealkylation sites (tertiary alicyclic amines) is 1. The minimum Gasteiger partial charge on any atom is -0.353 e. The number of nitrogens with zero attached hydrogens (tertiary/aromatic N) is 2. The molecule has 4 rings (SSSR count). The molecule has 2 fully saturated rings. The van der Waals surface area contributed by atoms with E-state index in [4.69, 9.17) is 11.6 Å². The van der Waals surface area contributed by atoms with E-state index in [2.05, 4.69) is 10.6 Å². The molecule has 2 aliphatic rings. The molecule has 0 aliphatic carbocycles. The molecule has 8 nitrogen and oxygen atoms in total. The summed E-state index contributed by atoms with van der Waals surface area (Å²) < 4.78 is 55.9. The van der Waals surface area contributed by atoms with Crippen LogP contribution in [0.25, 0.3) is 0 Å². The number of unbranched alkanes of at least 4 members (excludes halogenated alkanes) is 1. The Bertz CT molecular complexity index is 1310. The van der Waals surface area contributed by atoms with Crippen molar-refractivity contribution >= 4 is 33.4 Å². The van der Waals surface area contributed by atoms with Gasteiger partial charge in [-0.2, -0.15) is 4.31 Å². The van der Waals surface area contributed by atoms with Crippen LogP contribution in [0.1, 0.15) is 38.2 Å². The van der Waals surface area contributed by atoms with Crippen molar-refractivity contribution in [2.45, 2.75) is 56.0 Å². The molecule has 218 valence electrons. The zero-order valence-electron chi connectivity index (χ0n) is 22.4. The summed E-state index contributed by atoms with van der Waals surface area (Å²) >= 11 is 6.17. The maximum absolute atomic E-state index is 13.9. The summed E-state index contributed by atoms with van der Waals surface area (Å²) in [5, 5.41) is 6.43. The number of halogens is 3. The van der Waals surface area contributed by atoms with Gasteiger partial charge in [-0.15, -0.1) is 0 Å². The maximum Gasteiger partial charge on any atom is 0.244 e. The number of sulfonamides is 1. The lowest BCUT2D eigenvalue weighted by atomic mass is 9.97. The highest BCUT2D eigenvalue weighted by Crippen LogP contribution is 2.26. The predicted molar refractivity (Wildman–Crippen MR) is 148 cm³/mol. The molecule has 40 heavy (non-hydrogen) atoms. The van der Waals surface area contributed by atoms with Crippen LogP contribution in [0.2, 0.25) is 5.02 Å². The van der Waals surface area contributed by atoms with Crippen LogP contribution in [0.15, 0.2) is 47.4 Å². The minimum atomic E-state index is -3.86. The van der Waals surface area contributed by atoms with Crippen molar-refractivity contribution in [3.05, 3.63) is 64.7 Å². The molecule has 12 heteroatoms. The number of rotatable bonds is 11. The van der Waals surface area contributed by atoms with E-state index in [-0.39, 0.29) is 53.7 Å². The third-order valence-electron chi connectivity index (χ3n) is 7.36. The van der Waals surface area contributed by atoms with Crippen LogP contribution in [0.3, 0.4) is 0 Å². The molecule has 2 aromatic carbocycles. The van der Waals surface area contributed by atoms with Gasteiger partial charge < -0.3 is 15.5 Å². The molecule has 2 aliphatic heterocycles. The Balaban J connectivity index is 1.49. The summed E-state index contributed by atoms with van der Waals surface area (Å²) in [7, 11) is -3.86. The Morgan fingerprint density at radius 1 is 1.18 bits per heavy atom. The van der Waals surface area contributed by atoms with Crippen LogP contribution >= 0.6 is 11.6 Å². The number of amides is 2. The third-order valence-corrected chi connectivity index (χ3v) is 9.72. The van der Waals surface area contributed by atoms with E-state index < -0.39 is 33.6 Å². The molecule has 0 spiro atoms. The van der Waals surface area contributed by atoms with Gasteiger partial charge in [0.15, 0.2) is 0 Å². The van der Waals surface area contributed by atoms with E-state index in [0.717, 1.165) is 18.9 Å². The zero-order chi connectivity index (χ0) is 28.9. The lowest BCUT2D eigenvalue weighted by Gasteiger charge is -2.35. The van der Waals surface area contributed by atoms with Crippen LogP contribution in [-0.2, 0) is 26.0 Å².